The summed E-state index contributed by atoms with van der Waals surface area (Å²) in [6, 6.07) is 2.93. The molecule has 0 radical (unpaired) electrons. The van der Waals surface area contributed by atoms with Gasteiger partial charge in [0.2, 0.25) is 0 Å². The van der Waals surface area contributed by atoms with Gasteiger partial charge in [0.25, 0.3) is 0 Å². The predicted octanol–water partition coefficient (Wildman–Crippen LogP) is 2.51. The molecule has 0 aromatic heterocycles. The fraction of sp³-hybridized carbons (Fsp3) is 0.267. The molecule has 2 rings (SSSR count). The quantitative estimate of drug-likeness (QED) is 0.534. The molecule has 10 heteroatoms. The van der Waals surface area contributed by atoms with Crippen LogP contribution in [0.25, 0.3) is 0 Å². The molecule has 0 unspecified atom stereocenters. The summed E-state index contributed by atoms with van der Waals surface area (Å²) in [5.74, 6) is -2.64. The fourth-order valence-corrected chi connectivity index (χ4v) is 3.25. The van der Waals surface area contributed by atoms with Crippen molar-refractivity contribution in [2.75, 3.05) is 32.5 Å². The van der Waals surface area contributed by atoms with Crippen molar-refractivity contribution < 1.29 is 28.2 Å². The first-order chi connectivity index (χ1) is 11.9. The van der Waals surface area contributed by atoms with Crippen LogP contribution >= 0.6 is 27.5 Å². The van der Waals surface area contributed by atoms with Crippen molar-refractivity contribution in [2.45, 2.75) is 0 Å². The predicted molar refractivity (Wildman–Crippen MR) is 88.2 cm³/mol. The Hall–Kier alpha value is -2.15. The van der Waals surface area contributed by atoms with Gasteiger partial charge in [0.1, 0.15) is 24.1 Å². The summed E-state index contributed by atoms with van der Waals surface area (Å²) in [5, 5.41) is 9.05. The normalized spacial score (nSPS) is 14.2. The summed E-state index contributed by atoms with van der Waals surface area (Å²) < 4.78 is 29.1. The molecule has 0 spiro atoms. The monoisotopic (exact) mass is 432 g/mol. The smallest absolute Gasteiger partial charge is 0.355 e. The number of methoxy groups -OCH3 is 2. The highest BCUT2D eigenvalue weighted by Gasteiger charge is 2.35. The lowest BCUT2D eigenvalue weighted by Crippen LogP contribution is -2.39. The number of carbonyl (C=O) groups is 2. The molecule has 0 atom stereocenters. The zero-order valence-electron chi connectivity index (χ0n) is 13.1. The van der Waals surface area contributed by atoms with Gasteiger partial charge >= 0.3 is 11.9 Å². The summed E-state index contributed by atoms with van der Waals surface area (Å²) in [4.78, 5) is 25.4. The first-order valence-corrected chi connectivity index (χ1v) is 7.87. The van der Waals surface area contributed by atoms with E-state index in [9.17, 15) is 19.2 Å². The summed E-state index contributed by atoms with van der Waals surface area (Å²) in [5.41, 5.74) is -0.771. The van der Waals surface area contributed by atoms with Crippen molar-refractivity contribution in [2.24, 2.45) is 0 Å². The maximum atomic E-state index is 14.3. The van der Waals surface area contributed by atoms with Gasteiger partial charge in [-0.2, -0.15) is 5.26 Å². The number of esters is 2. The van der Waals surface area contributed by atoms with Crippen molar-refractivity contribution in [3.63, 3.8) is 0 Å². The van der Waals surface area contributed by atoms with E-state index in [0.717, 1.165) is 19.1 Å². The van der Waals surface area contributed by atoms with E-state index in [1.165, 1.54) is 6.07 Å². The van der Waals surface area contributed by atoms with Gasteiger partial charge in [0.15, 0.2) is 5.82 Å². The van der Waals surface area contributed by atoms with Crippen LogP contribution in [0.3, 0.4) is 0 Å². The van der Waals surface area contributed by atoms with Crippen LogP contribution in [0, 0.1) is 17.1 Å². The van der Waals surface area contributed by atoms with E-state index in [1.807, 2.05) is 0 Å². The van der Waals surface area contributed by atoms with E-state index in [0.29, 0.717) is 0 Å². The third kappa shape index (κ3) is 3.46. The summed E-state index contributed by atoms with van der Waals surface area (Å²) in [6.07, 6.45) is 0. The van der Waals surface area contributed by atoms with Crippen molar-refractivity contribution in [1.82, 2.24) is 0 Å². The Bertz CT molecular complexity index is 821. The molecule has 1 aromatic rings. The van der Waals surface area contributed by atoms with Crippen LogP contribution in [0.5, 0.6) is 0 Å². The minimum absolute atomic E-state index is 0.0223. The first kappa shape index (κ1) is 19.2. The topological polar surface area (TPSA) is 88.9 Å². The number of nitrogens with zero attached hydrogens (tertiary/aromatic N) is 2. The van der Waals surface area contributed by atoms with E-state index in [1.54, 1.807) is 6.07 Å². The van der Waals surface area contributed by atoms with E-state index in [-0.39, 0.29) is 39.8 Å². The molecule has 25 heavy (non-hydrogen) atoms. The average Bonchev–Trinajstić information content (AvgIpc) is 2.62. The summed E-state index contributed by atoms with van der Waals surface area (Å²) >= 11 is 8.94. The second kappa shape index (κ2) is 7.82. The number of carbonyl (C=O) groups excluding carboxylic acids is 2. The maximum Gasteiger partial charge on any atom is 0.355 e. The minimum Gasteiger partial charge on any atom is -0.466 e. The molecule has 132 valence electrons. The lowest BCUT2D eigenvalue weighted by molar-refractivity contribution is -0.140. The van der Waals surface area contributed by atoms with Crippen molar-refractivity contribution in [3.8, 4) is 6.07 Å². The molecule has 0 aliphatic carbocycles. The van der Waals surface area contributed by atoms with Gasteiger partial charge in [-0.15, -0.1) is 0 Å². The van der Waals surface area contributed by atoms with E-state index in [4.69, 9.17) is 21.1 Å². The third-order valence-corrected chi connectivity index (χ3v) is 4.24. The Kier molecular flexibility index (Phi) is 6.00. The lowest BCUT2D eigenvalue weighted by atomic mass is 10.1. The Morgan fingerprint density at radius 3 is 2.60 bits per heavy atom. The maximum absolute atomic E-state index is 14.3. The Labute approximate surface area is 155 Å². The Morgan fingerprint density at radius 2 is 2.04 bits per heavy atom. The number of ether oxygens (including phenoxy) is 3. The van der Waals surface area contributed by atoms with Crippen LogP contribution in [0.15, 0.2) is 21.8 Å². The number of hydrogen-bond donors (Lipinski definition) is 0. The fourth-order valence-electron chi connectivity index (χ4n) is 2.27. The molecule has 7 nitrogen and oxygen atoms in total. The second-order valence-corrected chi connectivity index (χ2v) is 5.97. The highest BCUT2D eigenvalue weighted by atomic mass is 79.9. The van der Waals surface area contributed by atoms with Crippen LogP contribution in [0.4, 0.5) is 10.1 Å². The largest absolute Gasteiger partial charge is 0.466 e. The van der Waals surface area contributed by atoms with Gasteiger partial charge in [-0.05, 0) is 22.0 Å². The molecule has 0 fully saturated rings. The molecule has 1 aliphatic rings. The third-order valence-electron chi connectivity index (χ3n) is 3.36. The SMILES string of the molecule is COC(=O)C1=C(C(=O)OC)N(c2c(Br)cc(Cl)c(F)c2C#N)COC1. The molecule has 1 aromatic carbocycles. The first-order valence-electron chi connectivity index (χ1n) is 6.70. The molecule has 0 amide bonds. The van der Waals surface area contributed by atoms with Crippen LogP contribution < -0.4 is 4.90 Å². The standard InChI is InChI=1S/C15H11BrClFN2O5/c1-23-14(21)8-5-25-6-20(13(8)15(22)24-2)12-7(4-19)11(18)10(17)3-9(12)16/h3H,5-6H2,1-2H3. The highest BCUT2D eigenvalue weighted by molar-refractivity contribution is 9.10. The van der Waals surface area contributed by atoms with Crippen LogP contribution in [0.1, 0.15) is 5.56 Å². The average molecular weight is 434 g/mol. The second-order valence-electron chi connectivity index (χ2n) is 4.71. The highest BCUT2D eigenvalue weighted by Crippen LogP contribution is 2.39. The van der Waals surface area contributed by atoms with Crippen LogP contribution in [0.2, 0.25) is 5.02 Å². The molecule has 0 saturated carbocycles. The number of rotatable bonds is 3. The molecule has 0 N–H and O–H groups in total. The van der Waals surface area contributed by atoms with Gasteiger partial charge in [0, 0.05) is 4.47 Å². The van der Waals surface area contributed by atoms with Gasteiger partial charge in [-0.3, -0.25) is 0 Å². The molecule has 1 aliphatic heterocycles. The van der Waals surface area contributed by atoms with Crippen molar-refractivity contribution in [1.29, 1.82) is 5.26 Å². The number of benzene rings is 1. The summed E-state index contributed by atoms with van der Waals surface area (Å²) in [7, 11) is 2.27. The zero-order chi connectivity index (χ0) is 18.7. The molecular formula is C15H11BrClFN2O5. The van der Waals surface area contributed by atoms with Gasteiger partial charge < -0.3 is 19.1 Å². The van der Waals surface area contributed by atoms with Crippen LogP contribution in [-0.2, 0) is 23.8 Å². The molecule has 0 bridgehead atoms. The van der Waals surface area contributed by atoms with Crippen molar-refractivity contribution in [3.05, 3.63) is 38.2 Å². The number of nitriles is 1. The number of anilines is 1. The van der Waals surface area contributed by atoms with Crippen molar-refractivity contribution >= 4 is 45.2 Å². The lowest BCUT2D eigenvalue weighted by Gasteiger charge is -2.32. The van der Waals surface area contributed by atoms with Gasteiger partial charge in [-0.25, -0.2) is 14.0 Å². The Morgan fingerprint density at radius 1 is 1.40 bits per heavy atom. The Balaban J connectivity index is 2.77. The van der Waals surface area contributed by atoms with E-state index < -0.39 is 23.3 Å². The number of halogens is 3. The molecular weight excluding hydrogens is 423 g/mol. The minimum atomic E-state index is -0.961. The van der Waals surface area contributed by atoms with Gasteiger partial charge in [-0.1, -0.05) is 11.6 Å². The van der Waals surface area contributed by atoms with Crippen LogP contribution in [-0.4, -0.2) is 39.5 Å². The summed E-state index contributed by atoms with van der Waals surface area (Å²) in [6.45, 7) is -0.428. The molecule has 1 heterocycles. The van der Waals surface area contributed by atoms with E-state index >= 15 is 0 Å². The van der Waals surface area contributed by atoms with Gasteiger partial charge in [0.05, 0.1) is 37.1 Å². The number of hydrogen-bond acceptors (Lipinski definition) is 7. The van der Waals surface area contributed by atoms with E-state index in [2.05, 4.69) is 20.7 Å². The molecule has 0 saturated heterocycles. The zero-order valence-corrected chi connectivity index (χ0v) is 15.4.